The van der Waals surface area contributed by atoms with Crippen molar-refractivity contribution in [2.24, 2.45) is 0 Å². The summed E-state index contributed by atoms with van der Waals surface area (Å²) in [6, 6.07) is 9.00. The molecule has 0 unspecified atom stereocenters. The monoisotopic (exact) mass is 447 g/mol. The van der Waals surface area contributed by atoms with Gasteiger partial charge in [0.15, 0.2) is 0 Å². The number of carboxylic acid groups (broad SMARTS) is 1. The number of halogens is 1. The zero-order valence-electron chi connectivity index (χ0n) is 11.8. The summed E-state index contributed by atoms with van der Waals surface area (Å²) in [5.74, 6) is -3.11. The Hall–Kier alpha value is -2.80. The second-order valence-electron chi connectivity index (χ2n) is 4.29. The van der Waals surface area contributed by atoms with Crippen LogP contribution in [0.2, 0.25) is 0 Å². The summed E-state index contributed by atoms with van der Waals surface area (Å²) < 4.78 is 1.26. The van der Waals surface area contributed by atoms with E-state index in [1.54, 1.807) is 0 Å². The van der Waals surface area contributed by atoms with Gasteiger partial charge in [-0.15, -0.1) is 0 Å². The van der Waals surface area contributed by atoms with Gasteiger partial charge in [0.1, 0.15) is 5.69 Å². The number of carboxylic acids is 1. The maximum Gasteiger partial charge on any atom is 0.335 e. The number of aromatic carboxylic acids is 1. The molecule has 0 aliphatic heterocycles. The molecule has 126 valence electrons. The fourth-order valence-electron chi connectivity index (χ4n) is 1.48. The molecule has 0 radical (unpaired) electrons. The normalized spacial score (nSPS) is 9.58. The first-order chi connectivity index (χ1) is 11.1. The predicted octanol–water partition coefficient (Wildman–Crippen LogP) is 1.44. The van der Waals surface area contributed by atoms with Gasteiger partial charge < -0.3 is 15.9 Å². The van der Waals surface area contributed by atoms with Crippen LogP contribution in [0, 0.1) is 23.8 Å². The van der Waals surface area contributed by atoms with Crippen molar-refractivity contribution in [3.63, 3.8) is 0 Å². The number of rotatable bonds is 3. The van der Waals surface area contributed by atoms with Gasteiger partial charge in [-0.1, -0.05) is 0 Å². The Morgan fingerprint density at radius 3 is 2.00 bits per heavy atom. The van der Waals surface area contributed by atoms with E-state index in [2.05, 4.69) is 28.3 Å². The quantitative estimate of drug-likeness (QED) is 0.407. The van der Waals surface area contributed by atoms with Crippen molar-refractivity contribution in [3.8, 4) is 5.75 Å². The molecule has 0 amide bonds. The number of quaternary nitrogens is 1. The molecule has 0 saturated heterocycles. The maximum absolute atomic E-state index is 11.2. The minimum atomic E-state index is -1.75. The first-order valence-electron chi connectivity index (χ1n) is 6.08. The van der Waals surface area contributed by atoms with Crippen molar-refractivity contribution in [2.45, 2.75) is 0 Å². The van der Waals surface area contributed by atoms with Crippen LogP contribution in [0.25, 0.3) is 0 Å². The molecule has 0 spiro atoms. The van der Waals surface area contributed by atoms with Crippen LogP contribution in [0.5, 0.6) is 5.75 Å². The van der Waals surface area contributed by atoms with Gasteiger partial charge in [-0.3, -0.25) is 20.2 Å². The van der Waals surface area contributed by atoms with E-state index in [-0.39, 0.29) is 0 Å². The van der Waals surface area contributed by atoms with E-state index in [1.807, 2.05) is 24.3 Å². The van der Waals surface area contributed by atoms with Gasteiger partial charge in [0, 0.05) is 9.64 Å². The van der Waals surface area contributed by atoms with Crippen LogP contribution >= 0.6 is 22.6 Å². The average Bonchev–Trinajstić information content (AvgIpc) is 2.50. The molecule has 2 aromatic carbocycles. The highest BCUT2D eigenvalue weighted by Gasteiger charge is 2.21. The van der Waals surface area contributed by atoms with E-state index in [0.717, 1.165) is 5.69 Å². The second-order valence-corrected chi connectivity index (χ2v) is 5.53. The molecule has 0 aromatic heterocycles. The molecule has 0 aliphatic rings. The van der Waals surface area contributed by atoms with Crippen molar-refractivity contribution in [2.75, 3.05) is 0 Å². The lowest BCUT2D eigenvalue weighted by Crippen LogP contribution is -2.39. The number of nitrogens with zero attached hydrogens (tertiary/aromatic N) is 2. The smallest absolute Gasteiger partial charge is 0.335 e. The van der Waals surface area contributed by atoms with Crippen molar-refractivity contribution < 1.29 is 30.6 Å². The molecule has 24 heavy (non-hydrogen) atoms. The Morgan fingerprint density at radius 1 is 1.08 bits per heavy atom. The summed E-state index contributed by atoms with van der Waals surface area (Å²) in [5, 5.41) is 40.4. The Morgan fingerprint density at radius 2 is 1.62 bits per heavy atom. The molecule has 0 heterocycles. The van der Waals surface area contributed by atoms with E-state index in [9.17, 15) is 30.1 Å². The van der Waals surface area contributed by atoms with Gasteiger partial charge in [-0.2, -0.15) is 0 Å². The second kappa shape index (κ2) is 8.16. The van der Waals surface area contributed by atoms with Crippen LogP contribution < -0.4 is 10.8 Å². The van der Waals surface area contributed by atoms with Gasteiger partial charge in [0.05, 0.1) is 21.5 Å². The first kappa shape index (κ1) is 19.2. The highest BCUT2D eigenvalue weighted by atomic mass is 127. The lowest BCUT2D eigenvalue weighted by molar-refractivity contribution is -0.403. The summed E-state index contributed by atoms with van der Waals surface area (Å²) in [4.78, 5) is 29.1. The zero-order chi connectivity index (χ0) is 18.4. The van der Waals surface area contributed by atoms with Crippen LogP contribution in [0.3, 0.4) is 0 Å². The highest BCUT2D eigenvalue weighted by molar-refractivity contribution is 14.1. The predicted molar refractivity (Wildman–Crippen MR) is 87.9 cm³/mol. The minimum Gasteiger partial charge on any atom is -0.867 e. The molecule has 2 aromatic rings. The van der Waals surface area contributed by atoms with Gasteiger partial charge >= 0.3 is 5.97 Å². The van der Waals surface area contributed by atoms with E-state index in [0.29, 0.717) is 12.1 Å². The number of hydrogen-bond acceptors (Lipinski definition) is 6. The third-order valence-corrected chi connectivity index (χ3v) is 3.32. The number of benzene rings is 2. The molecular weight excluding hydrogens is 437 g/mol. The van der Waals surface area contributed by atoms with Crippen LogP contribution in [0.15, 0.2) is 36.4 Å². The number of non-ortho nitro benzene ring substituents is 1. The fraction of sp³-hybridized carbons (Fsp3) is 0. The Bertz CT molecular complexity index is 737. The summed E-state index contributed by atoms with van der Waals surface area (Å²) in [6.45, 7) is 0. The van der Waals surface area contributed by atoms with Crippen LogP contribution in [-0.2, 0) is 0 Å². The summed E-state index contributed by atoms with van der Waals surface area (Å²) >= 11 is 2.27. The van der Waals surface area contributed by atoms with Crippen molar-refractivity contribution >= 4 is 45.6 Å². The zero-order valence-corrected chi connectivity index (χ0v) is 14.0. The minimum absolute atomic E-state index is 0.425. The molecule has 0 saturated carbocycles. The van der Waals surface area contributed by atoms with Gasteiger partial charge in [0.25, 0.3) is 11.4 Å². The SMILES string of the molecule is O=C(O)c1cc([N+](=O)[O-])cc([N+](=O)[O-])c1[O-].[NH3+]c1ccc(I)cc1. The fourth-order valence-corrected chi connectivity index (χ4v) is 1.84. The average molecular weight is 447 g/mol. The summed E-state index contributed by atoms with van der Waals surface area (Å²) in [6.07, 6.45) is 0. The van der Waals surface area contributed by atoms with Crippen LogP contribution in [-0.4, -0.2) is 20.9 Å². The third kappa shape index (κ3) is 5.13. The van der Waals surface area contributed by atoms with E-state index in [4.69, 9.17) is 5.11 Å². The Kier molecular flexibility index (Phi) is 6.55. The standard InChI is InChI=1S/C7H4N2O7.C6H6IN/c10-6-4(7(11)12)1-3(8(13)14)2-5(6)9(15)16;7-5-1-3-6(8)4-2-5/h1-2,10H,(H,11,12);1-4H,8H2. The number of nitro benzene ring substituents is 2. The summed E-state index contributed by atoms with van der Waals surface area (Å²) in [5.41, 5.74) is 1.88. The molecule has 0 fully saturated rings. The van der Waals surface area contributed by atoms with Crippen molar-refractivity contribution in [1.29, 1.82) is 0 Å². The van der Waals surface area contributed by atoms with Crippen molar-refractivity contribution in [3.05, 3.63) is 65.8 Å². The lowest BCUT2D eigenvalue weighted by atomic mass is 10.1. The molecule has 11 heteroatoms. The maximum atomic E-state index is 11.2. The number of hydrogen-bond donors (Lipinski definition) is 2. The molecule has 0 bridgehead atoms. The lowest BCUT2D eigenvalue weighted by Gasteiger charge is -2.09. The summed E-state index contributed by atoms with van der Waals surface area (Å²) in [7, 11) is 0. The van der Waals surface area contributed by atoms with Gasteiger partial charge in [-0.05, 0) is 52.6 Å². The third-order valence-electron chi connectivity index (χ3n) is 2.61. The molecule has 10 nitrogen and oxygen atoms in total. The van der Waals surface area contributed by atoms with Crippen molar-refractivity contribution in [1.82, 2.24) is 0 Å². The topological polar surface area (TPSA) is 174 Å². The Labute approximate surface area is 148 Å². The molecule has 2 rings (SSSR count). The van der Waals surface area contributed by atoms with E-state index in [1.165, 1.54) is 3.57 Å². The van der Waals surface area contributed by atoms with Gasteiger partial charge in [0.2, 0.25) is 0 Å². The van der Waals surface area contributed by atoms with Gasteiger partial charge in [-0.25, -0.2) is 4.79 Å². The highest BCUT2D eigenvalue weighted by Crippen LogP contribution is 2.31. The number of nitro groups is 2. The van der Waals surface area contributed by atoms with E-state index < -0.39 is 38.5 Å². The van der Waals surface area contributed by atoms with Crippen LogP contribution in [0.1, 0.15) is 10.4 Å². The molecule has 0 aliphatic carbocycles. The largest absolute Gasteiger partial charge is 0.867 e. The number of carbonyl (C=O) groups is 1. The molecule has 4 N–H and O–H groups in total. The first-order valence-corrected chi connectivity index (χ1v) is 7.16. The van der Waals surface area contributed by atoms with E-state index >= 15 is 0 Å². The Balaban J connectivity index is 0.000000300. The van der Waals surface area contributed by atoms with Crippen LogP contribution in [0.4, 0.5) is 17.1 Å². The molecular formula is C13H10IN3O7. The molecule has 0 atom stereocenters.